The Morgan fingerprint density at radius 1 is 1.43 bits per heavy atom. The van der Waals surface area contributed by atoms with E-state index < -0.39 is 0 Å². The van der Waals surface area contributed by atoms with Gasteiger partial charge in [0.2, 0.25) is 5.95 Å². The van der Waals surface area contributed by atoms with Crippen molar-refractivity contribution in [3.8, 4) is 0 Å². The second-order valence-electron chi connectivity index (χ2n) is 3.89. The molecule has 4 nitrogen and oxygen atoms in total. The van der Waals surface area contributed by atoms with Gasteiger partial charge in [-0.2, -0.15) is 0 Å². The summed E-state index contributed by atoms with van der Waals surface area (Å²) in [4.78, 5) is 8.18. The first-order valence-corrected chi connectivity index (χ1v) is 5.27. The number of hydrogen-bond donors (Lipinski definition) is 2. The van der Waals surface area contributed by atoms with Crippen molar-refractivity contribution in [3.05, 3.63) is 16.9 Å². The Labute approximate surface area is 92.5 Å². The minimum Gasteiger partial charge on any atom is -0.354 e. The zero-order valence-corrected chi connectivity index (χ0v) is 10.0. The predicted molar refractivity (Wildman–Crippen MR) is 61.1 cm³/mol. The standard InChI is InChI=1S/C9H15BrN4/c1-9(2,11)3-4-12-8-13-5-7(10)6-14-8/h5-6H,3-4,11H2,1-2H3,(H,12,13,14). The zero-order chi connectivity index (χ0) is 10.6. The third kappa shape index (κ3) is 4.53. The van der Waals surface area contributed by atoms with Crippen LogP contribution in [-0.4, -0.2) is 22.1 Å². The van der Waals surface area contributed by atoms with E-state index in [4.69, 9.17) is 5.73 Å². The van der Waals surface area contributed by atoms with Crippen molar-refractivity contribution in [2.45, 2.75) is 25.8 Å². The third-order valence-corrected chi connectivity index (χ3v) is 2.08. The molecular formula is C9H15BrN4. The van der Waals surface area contributed by atoms with E-state index in [2.05, 4.69) is 31.2 Å². The molecule has 0 aliphatic heterocycles. The second-order valence-corrected chi connectivity index (χ2v) is 4.81. The van der Waals surface area contributed by atoms with E-state index in [0.717, 1.165) is 17.4 Å². The fraction of sp³-hybridized carbons (Fsp3) is 0.556. The number of anilines is 1. The highest BCUT2D eigenvalue weighted by molar-refractivity contribution is 9.10. The van der Waals surface area contributed by atoms with Crippen molar-refractivity contribution in [3.63, 3.8) is 0 Å². The van der Waals surface area contributed by atoms with Gasteiger partial charge in [-0.15, -0.1) is 0 Å². The van der Waals surface area contributed by atoms with Crippen LogP contribution in [0.1, 0.15) is 20.3 Å². The van der Waals surface area contributed by atoms with Crippen LogP contribution in [0.25, 0.3) is 0 Å². The summed E-state index contributed by atoms with van der Waals surface area (Å²) in [6.07, 6.45) is 4.30. The molecule has 0 atom stereocenters. The van der Waals surface area contributed by atoms with Crippen LogP contribution < -0.4 is 11.1 Å². The molecule has 1 aromatic heterocycles. The number of aromatic nitrogens is 2. The lowest BCUT2D eigenvalue weighted by Crippen LogP contribution is -2.34. The maximum Gasteiger partial charge on any atom is 0.222 e. The molecule has 3 N–H and O–H groups in total. The number of nitrogens with one attached hydrogen (secondary N) is 1. The molecule has 14 heavy (non-hydrogen) atoms. The number of halogens is 1. The smallest absolute Gasteiger partial charge is 0.222 e. The molecule has 0 spiro atoms. The van der Waals surface area contributed by atoms with Crippen LogP contribution in [0.2, 0.25) is 0 Å². The van der Waals surface area contributed by atoms with E-state index in [-0.39, 0.29) is 5.54 Å². The molecule has 1 rings (SSSR count). The quantitative estimate of drug-likeness (QED) is 0.865. The normalized spacial score (nSPS) is 11.4. The maximum absolute atomic E-state index is 5.84. The van der Waals surface area contributed by atoms with Crippen LogP contribution in [0, 0.1) is 0 Å². The monoisotopic (exact) mass is 258 g/mol. The summed E-state index contributed by atoms with van der Waals surface area (Å²) in [5, 5.41) is 3.11. The minimum atomic E-state index is -0.150. The molecule has 78 valence electrons. The van der Waals surface area contributed by atoms with E-state index in [1.165, 1.54) is 0 Å². The highest BCUT2D eigenvalue weighted by Crippen LogP contribution is 2.08. The van der Waals surface area contributed by atoms with Crippen molar-refractivity contribution in [1.82, 2.24) is 9.97 Å². The van der Waals surface area contributed by atoms with Gasteiger partial charge in [0, 0.05) is 24.5 Å². The van der Waals surface area contributed by atoms with E-state index in [9.17, 15) is 0 Å². The Balaban J connectivity index is 2.35. The number of nitrogens with zero attached hydrogens (tertiary/aromatic N) is 2. The largest absolute Gasteiger partial charge is 0.354 e. The molecule has 0 aromatic carbocycles. The first-order valence-electron chi connectivity index (χ1n) is 4.48. The summed E-state index contributed by atoms with van der Waals surface area (Å²) in [6.45, 7) is 4.78. The van der Waals surface area contributed by atoms with Crippen molar-refractivity contribution < 1.29 is 0 Å². The second kappa shape index (κ2) is 4.70. The molecule has 1 aromatic rings. The number of hydrogen-bond acceptors (Lipinski definition) is 4. The van der Waals surface area contributed by atoms with Gasteiger partial charge in [-0.1, -0.05) is 0 Å². The van der Waals surface area contributed by atoms with Gasteiger partial charge in [-0.3, -0.25) is 0 Å². The molecule has 0 radical (unpaired) electrons. The lowest BCUT2D eigenvalue weighted by molar-refractivity contribution is 0.490. The van der Waals surface area contributed by atoms with E-state index in [1.807, 2.05) is 13.8 Å². The molecule has 0 aliphatic rings. The molecule has 0 saturated carbocycles. The number of nitrogens with two attached hydrogens (primary N) is 1. The Morgan fingerprint density at radius 3 is 2.50 bits per heavy atom. The van der Waals surface area contributed by atoms with E-state index in [1.54, 1.807) is 12.4 Å². The summed E-state index contributed by atoms with van der Waals surface area (Å²) >= 11 is 3.27. The van der Waals surface area contributed by atoms with Gasteiger partial charge in [-0.25, -0.2) is 9.97 Å². The summed E-state index contributed by atoms with van der Waals surface area (Å²) in [7, 11) is 0. The van der Waals surface area contributed by atoms with Gasteiger partial charge in [-0.05, 0) is 36.2 Å². The van der Waals surface area contributed by atoms with Gasteiger partial charge >= 0.3 is 0 Å². The van der Waals surface area contributed by atoms with Crippen molar-refractivity contribution >= 4 is 21.9 Å². The van der Waals surface area contributed by atoms with Crippen LogP contribution in [-0.2, 0) is 0 Å². The topological polar surface area (TPSA) is 63.8 Å². The summed E-state index contributed by atoms with van der Waals surface area (Å²) in [5.74, 6) is 0.637. The highest BCUT2D eigenvalue weighted by atomic mass is 79.9. The zero-order valence-electron chi connectivity index (χ0n) is 8.42. The van der Waals surface area contributed by atoms with Crippen LogP contribution >= 0.6 is 15.9 Å². The maximum atomic E-state index is 5.84. The molecule has 0 amide bonds. The Hall–Kier alpha value is -0.680. The Bertz CT molecular complexity index is 278. The summed E-state index contributed by atoms with van der Waals surface area (Å²) < 4.78 is 0.877. The van der Waals surface area contributed by atoms with Crippen LogP contribution in [0.4, 0.5) is 5.95 Å². The number of rotatable bonds is 4. The summed E-state index contributed by atoms with van der Waals surface area (Å²) in [6, 6.07) is 0. The highest BCUT2D eigenvalue weighted by Gasteiger charge is 2.09. The SMILES string of the molecule is CC(C)(N)CCNc1ncc(Br)cn1. The molecule has 5 heteroatoms. The van der Waals surface area contributed by atoms with Crippen molar-refractivity contribution in [1.29, 1.82) is 0 Å². The first-order chi connectivity index (χ1) is 6.47. The minimum absolute atomic E-state index is 0.150. The average molecular weight is 259 g/mol. The first kappa shape index (κ1) is 11.4. The predicted octanol–water partition coefficient (Wildman–Crippen LogP) is 1.78. The molecule has 0 aliphatic carbocycles. The van der Waals surface area contributed by atoms with Gasteiger partial charge in [0.25, 0.3) is 0 Å². The van der Waals surface area contributed by atoms with E-state index >= 15 is 0 Å². The van der Waals surface area contributed by atoms with Gasteiger partial charge in [0.15, 0.2) is 0 Å². The molecule has 0 fully saturated rings. The fourth-order valence-electron chi connectivity index (χ4n) is 0.900. The molecule has 0 unspecified atom stereocenters. The Morgan fingerprint density at radius 2 is 2.00 bits per heavy atom. The van der Waals surface area contributed by atoms with E-state index in [0.29, 0.717) is 5.95 Å². The van der Waals surface area contributed by atoms with Gasteiger partial charge in [0.05, 0.1) is 4.47 Å². The van der Waals surface area contributed by atoms with Crippen molar-refractivity contribution in [2.24, 2.45) is 5.73 Å². The molecule has 1 heterocycles. The van der Waals surface area contributed by atoms with Crippen LogP contribution in [0.3, 0.4) is 0 Å². The van der Waals surface area contributed by atoms with Crippen LogP contribution in [0.5, 0.6) is 0 Å². The molecule has 0 saturated heterocycles. The molecule has 0 bridgehead atoms. The van der Waals surface area contributed by atoms with Gasteiger partial charge < -0.3 is 11.1 Å². The lowest BCUT2D eigenvalue weighted by atomic mass is 10.0. The summed E-state index contributed by atoms with van der Waals surface area (Å²) in [5.41, 5.74) is 5.68. The fourth-order valence-corrected chi connectivity index (χ4v) is 1.10. The molecular weight excluding hydrogens is 244 g/mol. The average Bonchev–Trinajstić information content (AvgIpc) is 2.06. The third-order valence-electron chi connectivity index (χ3n) is 1.67. The van der Waals surface area contributed by atoms with Crippen LogP contribution in [0.15, 0.2) is 16.9 Å². The van der Waals surface area contributed by atoms with Crippen molar-refractivity contribution in [2.75, 3.05) is 11.9 Å². The van der Waals surface area contributed by atoms with Gasteiger partial charge in [0.1, 0.15) is 0 Å². The Kier molecular flexibility index (Phi) is 3.83. The lowest BCUT2D eigenvalue weighted by Gasteiger charge is -2.18.